The number of aryl methyl sites for hydroxylation is 1. The molecule has 152 valence electrons. The molecule has 0 fully saturated rings. The Labute approximate surface area is 169 Å². The summed E-state index contributed by atoms with van der Waals surface area (Å²) in [5.41, 5.74) is 0.867. The number of benzene rings is 1. The molecule has 0 spiro atoms. The number of nitrogens with one attached hydrogen (secondary N) is 2. The van der Waals surface area contributed by atoms with Crippen molar-refractivity contribution in [2.45, 2.75) is 13.8 Å². The molecule has 1 heterocycles. The molecule has 0 saturated carbocycles. The lowest BCUT2D eigenvalue weighted by atomic mass is 10.2. The van der Waals surface area contributed by atoms with Crippen LogP contribution in [-0.2, 0) is 4.79 Å². The van der Waals surface area contributed by atoms with E-state index in [9.17, 15) is 4.79 Å². The summed E-state index contributed by atoms with van der Waals surface area (Å²) in [6.45, 7) is 4.91. The molecule has 2 aromatic rings. The quantitative estimate of drug-likeness (QED) is 0.575. The van der Waals surface area contributed by atoms with Crippen LogP contribution in [0.25, 0.3) is 0 Å². The summed E-state index contributed by atoms with van der Waals surface area (Å²) >= 11 is 5.90. The molecule has 2 rings (SSSR count). The van der Waals surface area contributed by atoms with Crippen molar-refractivity contribution in [1.29, 1.82) is 0 Å². The molecule has 0 unspecified atom stereocenters. The Morgan fingerprint density at radius 1 is 1.21 bits per heavy atom. The highest BCUT2D eigenvalue weighted by Gasteiger charge is 2.09. The fourth-order valence-corrected chi connectivity index (χ4v) is 2.38. The van der Waals surface area contributed by atoms with Crippen molar-refractivity contribution >= 4 is 29.4 Å². The van der Waals surface area contributed by atoms with Crippen molar-refractivity contribution in [3.8, 4) is 11.8 Å². The van der Waals surface area contributed by atoms with E-state index in [1.165, 1.54) is 0 Å². The van der Waals surface area contributed by atoms with Crippen LogP contribution in [0.1, 0.15) is 12.5 Å². The van der Waals surface area contributed by atoms with Crippen LogP contribution in [0.2, 0.25) is 5.02 Å². The molecule has 2 N–H and O–H groups in total. The second kappa shape index (κ2) is 10.5. The molecule has 0 bridgehead atoms. The molecule has 0 aliphatic heterocycles. The molecule has 10 heteroatoms. The average Bonchev–Trinajstić information content (AvgIpc) is 2.64. The number of nitrogens with zero attached hydrogens (tertiary/aromatic N) is 4. The summed E-state index contributed by atoms with van der Waals surface area (Å²) in [6, 6.07) is 5.42. The lowest BCUT2D eigenvalue weighted by Crippen LogP contribution is -2.32. The van der Waals surface area contributed by atoms with Gasteiger partial charge in [-0.3, -0.25) is 4.79 Å². The predicted molar refractivity (Wildman–Crippen MR) is 109 cm³/mol. The number of aromatic nitrogens is 3. The van der Waals surface area contributed by atoms with Crippen LogP contribution in [0.4, 0.5) is 11.9 Å². The van der Waals surface area contributed by atoms with E-state index in [0.717, 1.165) is 5.56 Å². The van der Waals surface area contributed by atoms with Crippen molar-refractivity contribution in [2.24, 2.45) is 0 Å². The third kappa shape index (κ3) is 6.73. The minimum atomic E-state index is -0.254. The van der Waals surface area contributed by atoms with Crippen molar-refractivity contribution < 1.29 is 14.3 Å². The zero-order valence-corrected chi connectivity index (χ0v) is 17.2. The van der Waals surface area contributed by atoms with Gasteiger partial charge in [0.05, 0.1) is 6.54 Å². The van der Waals surface area contributed by atoms with Gasteiger partial charge < -0.3 is 25.0 Å². The topological polar surface area (TPSA) is 102 Å². The average molecular weight is 409 g/mol. The summed E-state index contributed by atoms with van der Waals surface area (Å²) in [5, 5.41) is 6.37. The number of halogens is 1. The number of hydrogen-bond donors (Lipinski definition) is 2. The lowest BCUT2D eigenvalue weighted by Gasteiger charge is -2.13. The van der Waals surface area contributed by atoms with Gasteiger partial charge in [-0.15, -0.1) is 0 Å². The number of amides is 1. The fraction of sp³-hybridized carbons (Fsp3) is 0.444. The largest absolute Gasteiger partial charge is 0.484 e. The van der Waals surface area contributed by atoms with Crippen molar-refractivity contribution in [2.75, 3.05) is 50.6 Å². The number of anilines is 2. The Hall–Kier alpha value is -2.81. The minimum absolute atomic E-state index is 0.0937. The van der Waals surface area contributed by atoms with Gasteiger partial charge in [0.2, 0.25) is 11.9 Å². The zero-order chi connectivity index (χ0) is 20.5. The first-order valence-electron chi connectivity index (χ1n) is 8.84. The van der Waals surface area contributed by atoms with Gasteiger partial charge in [-0.2, -0.15) is 15.0 Å². The van der Waals surface area contributed by atoms with E-state index in [2.05, 4.69) is 25.6 Å². The van der Waals surface area contributed by atoms with Crippen LogP contribution in [0.15, 0.2) is 18.2 Å². The van der Waals surface area contributed by atoms with E-state index in [-0.39, 0.29) is 25.1 Å². The Bertz CT molecular complexity index is 803. The van der Waals surface area contributed by atoms with E-state index in [1.54, 1.807) is 23.1 Å². The molecule has 0 saturated heterocycles. The summed E-state index contributed by atoms with van der Waals surface area (Å²) in [7, 11) is 3.66. The van der Waals surface area contributed by atoms with Crippen LogP contribution in [-0.4, -0.2) is 61.3 Å². The van der Waals surface area contributed by atoms with E-state index in [4.69, 9.17) is 21.1 Å². The maximum absolute atomic E-state index is 11.9. The zero-order valence-electron chi connectivity index (χ0n) is 16.5. The Morgan fingerprint density at radius 3 is 2.68 bits per heavy atom. The van der Waals surface area contributed by atoms with Crippen LogP contribution in [0, 0.1) is 6.92 Å². The number of ether oxygens (including phenoxy) is 2. The number of rotatable bonds is 10. The third-order valence-corrected chi connectivity index (χ3v) is 3.72. The second-order valence-corrected chi connectivity index (χ2v) is 6.50. The smallest absolute Gasteiger partial charge is 0.323 e. The predicted octanol–water partition coefficient (Wildman–Crippen LogP) is 1.91. The monoisotopic (exact) mass is 408 g/mol. The highest BCUT2D eigenvalue weighted by atomic mass is 35.5. The van der Waals surface area contributed by atoms with Gasteiger partial charge in [0.15, 0.2) is 6.61 Å². The van der Waals surface area contributed by atoms with Crippen LogP contribution < -0.4 is 25.0 Å². The minimum Gasteiger partial charge on any atom is -0.484 e. The van der Waals surface area contributed by atoms with E-state index >= 15 is 0 Å². The normalized spacial score (nSPS) is 10.3. The summed E-state index contributed by atoms with van der Waals surface area (Å²) in [6.07, 6.45) is 0. The number of carbonyl (C=O) groups is 1. The van der Waals surface area contributed by atoms with Crippen molar-refractivity contribution in [3.05, 3.63) is 28.8 Å². The van der Waals surface area contributed by atoms with Gasteiger partial charge in [-0.1, -0.05) is 11.6 Å². The molecule has 9 nitrogen and oxygen atoms in total. The van der Waals surface area contributed by atoms with Crippen molar-refractivity contribution in [1.82, 2.24) is 20.3 Å². The highest BCUT2D eigenvalue weighted by Crippen LogP contribution is 2.21. The Balaban J connectivity index is 1.78. The van der Waals surface area contributed by atoms with E-state index in [1.807, 2.05) is 27.9 Å². The summed E-state index contributed by atoms with van der Waals surface area (Å²) in [4.78, 5) is 26.3. The van der Waals surface area contributed by atoms with Gasteiger partial charge in [0, 0.05) is 25.7 Å². The Morgan fingerprint density at radius 2 is 2.00 bits per heavy atom. The molecule has 0 atom stereocenters. The first-order valence-corrected chi connectivity index (χ1v) is 9.22. The molecule has 0 aliphatic carbocycles. The molecule has 1 aromatic heterocycles. The fourth-order valence-electron chi connectivity index (χ4n) is 2.15. The summed E-state index contributed by atoms with van der Waals surface area (Å²) in [5.74, 6) is 1.28. The van der Waals surface area contributed by atoms with E-state index < -0.39 is 0 Å². The van der Waals surface area contributed by atoms with E-state index in [0.29, 0.717) is 35.8 Å². The molecular formula is C18H25ClN6O3. The highest BCUT2D eigenvalue weighted by molar-refractivity contribution is 6.30. The van der Waals surface area contributed by atoms with Crippen LogP contribution >= 0.6 is 11.6 Å². The molecule has 1 aromatic carbocycles. The van der Waals surface area contributed by atoms with Gasteiger partial charge in [-0.05, 0) is 37.6 Å². The van der Waals surface area contributed by atoms with Crippen LogP contribution in [0.5, 0.6) is 11.8 Å². The standard InChI is InChI=1S/C18H25ClN6O3/c1-5-20-16-22-17(25(3)4)24-18(23-16)27-9-8-21-15(26)11-28-14-7-6-13(19)10-12(14)2/h6-7,10H,5,8-9,11H2,1-4H3,(H,21,26)(H,20,22,23,24). The number of carbonyl (C=O) groups excluding carboxylic acids is 1. The number of hydrogen-bond acceptors (Lipinski definition) is 8. The molecule has 0 aliphatic rings. The molecule has 1 amide bonds. The first kappa shape index (κ1) is 21.5. The lowest BCUT2D eigenvalue weighted by molar-refractivity contribution is -0.123. The Kier molecular flexibility index (Phi) is 8.06. The SMILES string of the molecule is CCNc1nc(OCCNC(=O)COc2ccc(Cl)cc2C)nc(N(C)C)n1. The van der Waals surface area contributed by atoms with Gasteiger partial charge in [-0.25, -0.2) is 0 Å². The van der Waals surface area contributed by atoms with Crippen molar-refractivity contribution in [3.63, 3.8) is 0 Å². The third-order valence-electron chi connectivity index (χ3n) is 3.49. The van der Waals surface area contributed by atoms with Gasteiger partial charge >= 0.3 is 6.01 Å². The first-order chi connectivity index (χ1) is 13.4. The molecule has 0 radical (unpaired) electrons. The van der Waals surface area contributed by atoms with Gasteiger partial charge in [0.25, 0.3) is 5.91 Å². The maximum atomic E-state index is 11.9. The summed E-state index contributed by atoms with van der Waals surface area (Å²) < 4.78 is 11.0. The maximum Gasteiger partial charge on any atom is 0.323 e. The second-order valence-electron chi connectivity index (χ2n) is 6.06. The molecular weight excluding hydrogens is 384 g/mol. The van der Waals surface area contributed by atoms with Gasteiger partial charge in [0.1, 0.15) is 12.4 Å². The van der Waals surface area contributed by atoms with Crippen LogP contribution in [0.3, 0.4) is 0 Å². The molecule has 28 heavy (non-hydrogen) atoms.